The van der Waals surface area contributed by atoms with Gasteiger partial charge in [-0.25, -0.2) is 0 Å². The van der Waals surface area contributed by atoms with E-state index in [1.807, 2.05) is 31.2 Å². The van der Waals surface area contributed by atoms with Gasteiger partial charge < -0.3 is 18.9 Å². The van der Waals surface area contributed by atoms with Crippen LogP contribution < -0.4 is 9.47 Å². The maximum absolute atomic E-state index is 13.6. The van der Waals surface area contributed by atoms with Gasteiger partial charge in [0.25, 0.3) is 5.91 Å². The van der Waals surface area contributed by atoms with Gasteiger partial charge in [-0.3, -0.25) is 19.1 Å². The molecule has 0 bridgehead atoms. The van der Waals surface area contributed by atoms with Crippen molar-refractivity contribution < 1.29 is 28.5 Å². The van der Waals surface area contributed by atoms with Gasteiger partial charge in [0, 0.05) is 41.3 Å². The Labute approximate surface area is 280 Å². The molecule has 46 heavy (non-hydrogen) atoms. The quantitative estimate of drug-likeness (QED) is 0.148. The molecule has 1 aromatic heterocycles. The third-order valence-electron chi connectivity index (χ3n) is 8.51. The van der Waals surface area contributed by atoms with Crippen molar-refractivity contribution in [3.05, 3.63) is 105 Å². The molecular formula is C36H34BrClN2O6. The molecule has 0 N–H and O–H groups in total. The van der Waals surface area contributed by atoms with Gasteiger partial charge in [-0.15, -0.1) is 0 Å². The molecule has 10 heteroatoms. The third-order valence-corrected chi connectivity index (χ3v) is 9.58. The van der Waals surface area contributed by atoms with Gasteiger partial charge in [0.2, 0.25) is 0 Å². The summed E-state index contributed by atoms with van der Waals surface area (Å²) in [4.78, 5) is 29.0. The van der Waals surface area contributed by atoms with Crippen LogP contribution in [0.1, 0.15) is 33.3 Å². The highest BCUT2D eigenvalue weighted by Gasteiger charge is 2.25. The van der Waals surface area contributed by atoms with E-state index in [4.69, 9.17) is 30.5 Å². The number of carbonyl (C=O) groups excluding carboxylic acids is 2. The number of halogens is 2. The molecule has 1 aliphatic heterocycles. The van der Waals surface area contributed by atoms with E-state index in [2.05, 4.69) is 39.0 Å². The molecule has 5 aromatic rings. The van der Waals surface area contributed by atoms with Crippen molar-refractivity contribution in [2.45, 2.75) is 19.4 Å². The number of ether oxygens (including phenoxy) is 4. The largest absolute Gasteiger partial charge is 0.497 e. The Kier molecular flexibility index (Phi) is 9.65. The normalized spacial score (nSPS) is 15.3. The zero-order valence-corrected chi connectivity index (χ0v) is 28.2. The molecule has 2 heterocycles. The van der Waals surface area contributed by atoms with Crippen LogP contribution in [0.5, 0.6) is 11.5 Å². The maximum atomic E-state index is 13.6. The molecule has 1 fully saturated rings. The predicted molar refractivity (Wildman–Crippen MR) is 182 cm³/mol. The van der Waals surface area contributed by atoms with E-state index in [-0.39, 0.29) is 31.0 Å². The average Bonchev–Trinajstić information content (AvgIpc) is 3.34. The van der Waals surface area contributed by atoms with Crippen molar-refractivity contribution in [1.82, 2.24) is 9.47 Å². The van der Waals surface area contributed by atoms with Gasteiger partial charge in [0.15, 0.2) is 0 Å². The van der Waals surface area contributed by atoms with Crippen LogP contribution in [0.2, 0.25) is 5.02 Å². The molecular weight excluding hydrogens is 672 g/mol. The summed E-state index contributed by atoms with van der Waals surface area (Å²) < 4.78 is 25.3. The fourth-order valence-corrected chi connectivity index (χ4v) is 6.82. The Hall–Kier alpha value is -3.89. The SMILES string of the molecule is COc1ccc2c(c1)c(CC(=O)OCCN1CCOC(c3ccc4c(Br)c(OC)ccc4c3)C1)c(C)n2C(=O)c1ccc(Cl)cc1. The summed E-state index contributed by atoms with van der Waals surface area (Å²) >= 11 is 9.69. The zero-order chi connectivity index (χ0) is 32.4. The second-order valence-corrected chi connectivity index (χ2v) is 12.4. The second-order valence-electron chi connectivity index (χ2n) is 11.2. The van der Waals surface area contributed by atoms with Crippen molar-refractivity contribution in [1.29, 1.82) is 0 Å². The molecule has 0 saturated carbocycles. The first kappa shape index (κ1) is 32.1. The summed E-state index contributed by atoms with van der Waals surface area (Å²) in [5, 5.41) is 3.50. The van der Waals surface area contributed by atoms with Gasteiger partial charge in [0.05, 0.1) is 43.3 Å². The summed E-state index contributed by atoms with van der Waals surface area (Å²) in [5.41, 5.74) is 3.70. The van der Waals surface area contributed by atoms with E-state index in [0.29, 0.717) is 47.2 Å². The van der Waals surface area contributed by atoms with Crippen molar-refractivity contribution in [2.24, 2.45) is 0 Å². The standard InChI is InChI=1S/C36H34BrClN2O6/c1-22-29(30-19-27(43-2)10-12-31(30)40(22)36(42)23-4-8-26(38)9-5-23)20-34(41)46-17-15-39-14-16-45-33(21-39)25-6-11-28-24(18-25)7-13-32(44-3)35(28)37/h4-13,18-19,33H,14-17,20-21H2,1-3H3. The molecule has 6 rings (SSSR count). The van der Waals surface area contributed by atoms with Gasteiger partial charge >= 0.3 is 5.97 Å². The van der Waals surface area contributed by atoms with Crippen LogP contribution >= 0.6 is 27.5 Å². The highest BCUT2D eigenvalue weighted by atomic mass is 79.9. The number of fused-ring (bicyclic) bond motifs is 2. The second kappa shape index (κ2) is 13.8. The minimum absolute atomic E-state index is 0.0274. The first-order valence-corrected chi connectivity index (χ1v) is 16.2. The van der Waals surface area contributed by atoms with Crippen LogP contribution in [0.25, 0.3) is 21.7 Å². The van der Waals surface area contributed by atoms with Crippen molar-refractivity contribution in [2.75, 3.05) is 47.1 Å². The van der Waals surface area contributed by atoms with E-state index in [1.165, 1.54) is 0 Å². The molecule has 1 unspecified atom stereocenters. The number of benzene rings is 4. The lowest BCUT2D eigenvalue weighted by molar-refractivity contribution is -0.143. The molecule has 0 aliphatic carbocycles. The number of rotatable bonds is 9. The van der Waals surface area contributed by atoms with E-state index in [9.17, 15) is 9.59 Å². The van der Waals surface area contributed by atoms with Crippen molar-refractivity contribution >= 4 is 61.1 Å². The molecule has 0 spiro atoms. The highest BCUT2D eigenvalue weighted by molar-refractivity contribution is 9.10. The van der Waals surface area contributed by atoms with E-state index in [0.717, 1.165) is 44.1 Å². The molecule has 4 aromatic carbocycles. The Balaban J connectivity index is 1.12. The first-order chi connectivity index (χ1) is 22.3. The monoisotopic (exact) mass is 704 g/mol. The molecule has 0 amide bonds. The Morgan fingerprint density at radius 2 is 1.78 bits per heavy atom. The van der Waals surface area contributed by atoms with E-state index >= 15 is 0 Å². The minimum atomic E-state index is -0.357. The van der Waals surface area contributed by atoms with Gasteiger partial charge in [-0.05, 0) is 99.4 Å². The number of aromatic nitrogens is 1. The molecule has 1 atom stereocenters. The molecule has 238 valence electrons. The molecule has 1 aliphatic rings. The van der Waals surface area contributed by atoms with Gasteiger partial charge in [-0.1, -0.05) is 29.8 Å². The Bertz CT molecular complexity index is 1920. The summed E-state index contributed by atoms with van der Waals surface area (Å²) in [5.74, 6) is 0.870. The van der Waals surface area contributed by atoms with Crippen molar-refractivity contribution in [3.8, 4) is 11.5 Å². The zero-order valence-electron chi connectivity index (χ0n) is 25.8. The van der Waals surface area contributed by atoms with Crippen LogP contribution in [-0.2, 0) is 20.7 Å². The van der Waals surface area contributed by atoms with Crippen molar-refractivity contribution in [3.63, 3.8) is 0 Å². The number of methoxy groups -OCH3 is 2. The van der Waals surface area contributed by atoms with Crippen LogP contribution in [0, 0.1) is 6.92 Å². The average molecular weight is 706 g/mol. The maximum Gasteiger partial charge on any atom is 0.310 e. The van der Waals surface area contributed by atoms with Gasteiger partial charge in [0.1, 0.15) is 18.1 Å². The molecule has 8 nitrogen and oxygen atoms in total. The number of nitrogens with zero attached hydrogens (tertiary/aromatic N) is 2. The minimum Gasteiger partial charge on any atom is -0.497 e. The fourth-order valence-electron chi connectivity index (χ4n) is 6.04. The molecule has 1 saturated heterocycles. The van der Waals surface area contributed by atoms with Crippen LogP contribution in [0.15, 0.2) is 77.3 Å². The van der Waals surface area contributed by atoms with Gasteiger partial charge in [-0.2, -0.15) is 0 Å². The van der Waals surface area contributed by atoms with E-state index in [1.54, 1.807) is 49.1 Å². The van der Waals surface area contributed by atoms with Crippen LogP contribution in [0.3, 0.4) is 0 Å². The van der Waals surface area contributed by atoms with Crippen LogP contribution in [-0.4, -0.2) is 68.4 Å². The molecule has 0 radical (unpaired) electrons. The topological polar surface area (TPSA) is 79.2 Å². The lowest BCUT2D eigenvalue weighted by Crippen LogP contribution is -2.40. The third kappa shape index (κ3) is 6.51. The lowest BCUT2D eigenvalue weighted by Gasteiger charge is -2.33. The highest BCUT2D eigenvalue weighted by Crippen LogP contribution is 2.35. The summed E-state index contributed by atoms with van der Waals surface area (Å²) in [6.07, 6.45) is -0.0591. The Morgan fingerprint density at radius 3 is 2.54 bits per heavy atom. The first-order valence-electron chi connectivity index (χ1n) is 15.0. The lowest BCUT2D eigenvalue weighted by atomic mass is 10.0. The van der Waals surface area contributed by atoms with E-state index < -0.39 is 0 Å². The number of hydrogen-bond acceptors (Lipinski definition) is 7. The van der Waals surface area contributed by atoms with Crippen LogP contribution in [0.4, 0.5) is 0 Å². The Morgan fingerprint density at radius 1 is 0.978 bits per heavy atom. The number of morpholine rings is 1. The summed E-state index contributed by atoms with van der Waals surface area (Å²) in [6, 6.07) is 22.6. The number of hydrogen-bond donors (Lipinski definition) is 0. The summed E-state index contributed by atoms with van der Waals surface area (Å²) in [7, 11) is 3.25. The predicted octanol–water partition coefficient (Wildman–Crippen LogP) is 7.38. The fraction of sp³-hybridized carbons (Fsp3) is 0.278. The number of carbonyl (C=O) groups is 2. The number of esters is 1. The smallest absolute Gasteiger partial charge is 0.310 e. The summed E-state index contributed by atoms with van der Waals surface area (Å²) in [6.45, 7) is 4.72.